The van der Waals surface area contributed by atoms with Gasteiger partial charge in [-0.1, -0.05) is 29.3 Å². The molecule has 0 aromatic heterocycles. The number of hydrogen-bond acceptors (Lipinski definition) is 2. The van der Waals surface area contributed by atoms with Crippen molar-refractivity contribution in [3.63, 3.8) is 0 Å². The summed E-state index contributed by atoms with van der Waals surface area (Å²) in [6.07, 6.45) is 2.93. The fraction of sp³-hybridized carbons (Fsp3) is 0.417. The van der Waals surface area contributed by atoms with Crippen molar-refractivity contribution in [2.24, 2.45) is 0 Å². The molecule has 0 N–H and O–H groups in total. The number of carbonyl (C=O) groups is 1. The van der Waals surface area contributed by atoms with Gasteiger partial charge in [0.1, 0.15) is 5.75 Å². The number of rotatable bonds is 5. The Hall–Kier alpha value is -0.830. The first-order chi connectivity index (χ1) is 7.19. The maximum Gasteiger partial charge on any atom is 0.153 e. The van der Waals surface area contributed by atoms with Gasteiger partial charge in [0.05, 0.1) is 12.2 Å². The van der Waals surface area contributed by atoms with Crippen molar-refractivity contribution in [3.8, 4) is 5.75 Å². The molecule has 0 fully saturated rings. The zero-order valence-electron chi connectivity index (χ0n) is 9.05. The van der Waals surface area contributed by atoms with Crippen LogP contribution in [0.4, 0.5) is 0 Å². The van der Waals surface area contributed by atoms with Gasteiger partial charge in [-0.3, -0.25) is 4.79 Å². The number of benzene rings is 1. The van der Waals surface area contributed by atoms with Crippen molar-refractivity contribution >= 4 is 22.2 Å². The van der Waals surface area contributed by atoms with Crippen LogP contribution >= 0.6 is 15.9 Å². The van der Waals surface area contributed by atoms with Gasteiger partial charge in [0, 0.05) is 4.47 Å². The van der Waals surface area contributed by atoms with E-state index in [2.05, 4.69) is 22.9 Å². The van der Waals surface area contributed by atoms with E-state index in [0.717, 1.165) is 29.2 Å². The minimum Gasteiger partial charge on any atom is -0.493 e. The molecular formula is C12H15BrO2. The summed E-state index contributed by atoms with van der Waals surface area (Å²) >= 11 is 3.36. The third-order valence-electron chi connectivity index (χ3n) is 2.14. The minimum atomic E-state index is 0.609. The third kappa shape index (κ3) is 3.34. The number of aldehydes is 1. The minimum absolute atomic E-state index is 0.609. The second-order valence-corrected chi connectivity index (χ2v) is 4.38. The zero-order valence-corrected chi connectivity index (χ0v) is 10.6. The largest absolute Gasteiger partial charge is 0.493 e. The molecule has 0 aliphatic heterocycles. The molecule has 0 amide bonds. The van der Waals surface area contributed by atoms with Gasteiger partial charge in [-0.2, -0.15) is 0 Å². The molecule has 0 radical (unpaired) electrons. The molecule has 0 atom stereocenters. The van der Waals surface area contributed by atoms with Crippen LogP contribution in [0.2, 0.25) is 0 Å². The van der Waals surface area contributed by atoms with Crippen molar-refractivity contribution in [1.29, 1.82) is 0 Å². The standard InChI is InChI=1S/C12H15BrO2/c1-3-4-5-15-12-9(2)6-11(13)7-10(12)8-14/h6-8H,3-5H2,1-2H3. The van der Waals surface area contributed by atoms with Crippen molar-refractivity contribution < 1.29 is 9.53 Å². The molecule has 0 heterocycles. The molecule has 0 saturated heterocycles. The fourth-order valence-corrected chi connectivity index (χ4v) is 1.95. The van der Waals surface area contributed by atoms with E-state index >= 15 is 0 Å². The van der Waals surface area contributed by atoms with Gasteiger partial charge >= 0.3 is 0 Å². The number of ether oxygens (including phenoxy) is 1. The molecule has 2 nitrogen and oxygen atoms in total. The van der Waals surface area contributed by atoms with E-state index in [1.807, 2.05) is 13.0 Å². The van der Waals surface area contributed by atoms with Crippen LogP contribution in [-0.2, 0) is 0 Å². The molecule has 3 heteroatoms. The monoisotopic (exact) mass is 270 g/mol. The number of carbonyl (C=O) groups excluding carboxylic acids is 1. The summed E-state index contributed by atoms with van der Waals surface area (Å²) < 4.78 is 6.51. The van der Waals surface area contributed by atoms with Gasteiger partial charge in [-0.05, 0) is 31.0 Å². The maximum atomic E-state index is 10.9. The predicted molar refractivity (Wildman–Crippen MR) is 64.7 cm³/mol. The summed E-state index contributed by atoms with van der Waals surface area (Å²) in [6.45, 7) is 4.72. The van der Waals surface area contributed by atoms with Crippen LogP contribution < -0.4 is 4.74 Å². The smallest absolute Gasteiger partial charge is 0.153 e. The molecule has 1 aromatic carbocycles. The summed E-state index contributed by atoms with van der Waals surface area (Å²) in [7, 11) is 0. The summed E-state index contributed by atoms with van der Waals surface area (Å²) in [5, 5.41) is 0. The molecule has 15 heavy (non-hydrogen) atoms. The van der Waals surface area contributed by atoms with Gasteiger partial charge < -0.3 is 4.74 Å². The van der Waals surface area contributed by atoms with Crippen LogP contribution in [0.1, 0.15) is 35.7 Å². The maximum absolute atomic E-state index is 10.9. The molecule has 0 spiro atoms. The van der Waals surface area contributed by atoms with Gasteiger partial charge in [0.15, 0.2) is 6.29 Å². The number of unbranched alkanes of at least 4 members (excludes halogenated alkanes) is 1. The Kier molecular flexibility index (Phi) is 4.82. The van der Waals surface area contributed by atoms with E-state index in [1.165, 1.54) is 0 Å². The number of aryl methyl sites for hydroxylation is 1. The highest BCUT2D eigenvalue weighted by atomic mass is 79.9. The fourth-order valence-electron chi connectivity index (χ4n) is 1.36. The van der Waals surface area contributed by atoms with Gasteiger partial charge in [0.25, 0.3) is 0 Å². The summed E-state index contributed by atoms with van der Waals surface area (Å²) in [6, 6.07) is 3.73. The first-order valence-electron chi connectivity index (χ1n) is 5.07. The topological polar surface area (TPSA) is 26.3 Å². The highest BCUT2D eigenvalue weighted by molar-refractivity contribution is 9.10. The SMILES string of the molecule is CCCCOc1c(C)cc(Br)cc1C=O. The Morgan fingerprint density at radius 1 is 1.47 bits per heavy atom. The van der Waals surface area contributed by atoms with Gasteiger partial charge in [0.2, 0.25) is 0 Å². The van der Waals surface area contributed by atoms with Crippen LogP contribution in [-0.4, -0.2) is 12.9 Å². The zero-order chi connectivity index (χ0) is 11.3. The van der Waals surface area contributed by atoms with Crippen LogP contribution in [0.5, 0.6) is 5.75 Å². The lowest BCUT2D eigenvalue weighted by molar-refractivity contribution is 0.111. The molecule has 1 aromatic rings. The second-order valence-electron chi connectivity index (χ2n) is 3.46. The van der Waals surface area contributed by atoms with E-state index in [4.69, 9.17) is 4.74 Å². The van der Waals surface area contributed by atoms with E-state index < -0.39 is 0 Å². The lowest BCUT2D eigenvalue weighted by atomic mass is 10.1. The van der Waals surface area contributed by atoms with Crippen LogP contribution in [0.25, 0.3) is 0 Å². The van der Waals surface area contributed by atoms with Crippen molar-refractivity contribution in [2.45, 2.75) is 26.7 Å². The van der Waals surface area contributed by atoms with Gasteiger partial charge in [-0.25, -0.2) is 0 Å². The average molecular weight is 271 g/mol. The highest BCUT2D eigenvalue weighted by Crippen LogP contribution is 2.26. The van der Waals surface area contributed by atoms with E-state index in [9.17, 15) is 4.79 Å². The predicted octanol–water partition coefficient (Wildman–Crippen LogP) is 3.75. The van der Waals surface area contributed by atoms with Crippen molar-refractivity contribution in [3.05, 3.63) is 27.7 Å². The first kappa shape index (κ1) is 12.2. The van der Waals surface area contributed by atoms with E-state index in [0.29, 0.717) is 17.9 Å². The normalized spacial score (nSPS) is 10.1. The second kappa shape index (κ2) is 5.91. The number of halogens is 1. The third-order valence-corrected chi connectivity index (χ3v) is 2.60. The van der Waals surface area contributed by atoms with Crippen LogP contribution in [0.3, 0.4) is 0 Å². The molecular weight excluding hydrogens is 256 g/mol. The van der Waals surface area contributed by atoms with E-state index in [-0.39, 0.29) is 0 Å². The Morgan fingerprint density at radius 3 is 2.80 bits per heavy atom. The lowest BCUT2D eigenvalue weighted by Crippen LogP contribution is -2.01. The molecule has 0 unspecified atom stereocenters. The Labute approximate surface area is 98.8 Å². The molecule has 0 saturated carbocycles. The molecule has 82 valence electrons. The lowest BCUT2D eigenvalue weighted by Gasteiger charge is -2.11. The summed E-state index contributed by atoms with van der Waals surface area (Å²) in [4.78, 5) is 10.9. The Balaban J connectivity index is 2.89. The molecule has 0 bridgehead atoms. The highest BCUT2D eigenvalue weighted by Gasteiger charge is 2.07. The first-order valence-corrected chi connectivity index (χ1v) is 5.86. The summed E-state index contributed by atoms with van der Waals surface area (Å²) in [5.41, 5.74) is 1.60. The quantitative estimate of drug-likeness (QED) is 0.602. The van der Waals surface area contributed by atoms with Crippen molar-refractivity contribution in [2.75, 3.05) is 6.61 Å². The van der Waals surface area contributed by atoms with E-state index in [1.54, 1.807) is 6.07 Å². The van der Waals surface area contributed by atoms with Crippen LogP contribution in [0, 0.1) is 6.92 Å². The van der Waals surface area contributed by atoms with Gasteiger partial charge in [-0.15, -0.1) is 0 Å². The number of hydrogen-bond donors (Lipinski definition) is 0. The van der Waals surface area contributed by atoms with Crippen LogP contribution in [0.15, 0.2) is 16.6 Å². The Bertz CT molecular complexity index is 348. The van der Waals surface area contributed by atoms with Crippen molar-refractivity contribution in [1.82, 2.24) is 0 Å². The molecule has 0 aliphatic carbocycles. The summed E-state index contributed by atoms with van der Waals surface area (Å²) in [5.74, 6) is 0.710. The molecule has 0 aliphatic rings. The molecule has 1 rings (SSSR count). The average Bonchev–Trinajstić information content (AvgIpc) is 2.20. The Morgan fingerprint density at radius 2 is 2.20 bits per heavy atom.